The number of amides is 1. The van der Waals surface area contributed by atoms with Crippen LogP contribution in [0.15, 0.2) is 40.6 Å². The number of anilines is 1. The summed E-state index contributed by atoms with van der Waals surface area (Å²) in [6.45, 7) is 4.09. The van der Waals surface area contributed by atoms with Gasteiger partial charge in [0.15, 0.2) is 5.16 Å². The monoisotopic (exact) mass is 305 g/mol. The van der Waals surface area contributed by atoms with Crippen LogP contribution in [0.3, 0.4) is 0 Å². The van der Waals surface area contributed by atoms with Gasteiger partial charge in [0.1, 0.15) is 6.33 Å². The zero-order chi connectivity index (χ0) is 15.2. The molecule has 1 aromatic carbocycles. The Morgan fingerprint density at radius 2 is 2.10 bits per heavy atom. The van der Waals surface area contributed by atoms with Crippen LogP contribution >= 0.6 is 11.8 Å². The molecule has 112 valence electrons. The molecular weight excluding hydrogens is 286 g/mol. The average molecular weight is 305 g/mol. The number of aromatic nitrogens is 3. The Morgan fingerprint density at radius 1 is 1.38 bits per heavy atom. The van der Waals surface area contributed by atoms with Gasteiger partial charge in [-0.25, -0.2) is 4.98 Å². The van der Waals surface area contributed by atoms with Gasteiger partial charge in [-0.1, -0.05) is 25.6 Å². The summed E-state index contributed by atoms with van der Waals surface area (Å²) < 4.78 is 0. The number of nitrogens with two attached hydrogens (primary N) is 1. The molecule has 2 aromatic rings. The molecule has 0 spiro atoms. The zero-order valence-corrected chi connectivity index (χ0v) is 12.9. The molecular formula is C14H19N5OS. The van der Waals surface area contributed by atoms with E-state index in [4.69, 9.17) is 5.73 Å². The molecule has 0 aliphatic heterocycles. The highest BCUT2D eigenvalue weighted by atomic mass is 32.2. The Bertz CT molecular complexity index is 568. The number of carbonyl (C=O) groups excluding carboxylic acids is 1. The smallest absolute Gasteiger partial charge is 0.241 e. The Hall–Kier alpha value is -1.86. The number of H-pyrrole nitrogens is 1. The van der Waals surface area contributed by atoms with Crippen LogP contribution in [0, 0.1) is 5.92 Å². The van der Waals surface area contributed by atoms with Gasteiger partial charge in [0.25, 0.3) is 0 Å². The van der Waals surface area contributed by atoms with E-state index in [0.29, 0.717) is 12.3 Å². The molecule has 0 aliphatic rings. The lowest BCUT2D eigenvalue weighted by Crippen LogP contribution is -2.36. The number of hydrogen-bond acceptors (Lipinski definition) is 5. The van der Waals surface area contributed by atoms with E-state index in [2.05, 4.69) is 20.5 Å². The number of nitrogens with zero attached hydrogens (tertiary/aromatic N) is 2. The minimum atomic E-state index is -0.478. The quantitative estimate of drug-likeness (QED) is 0.760. The predicted molar refractivity (Wildman–Crippen MR) is 83.0 cm³/mol. The molecule has 1 unspecified atom stereocenters. The van der Waals surface area contributed by atoms with E-state index in [-0.39, 0.29) is 5.91 Å². The summed E-state index contributed by atoms with van der Waals surface area (Å²) in [4.78, 5) is 17.0. The van der Waals surface area contributed by atoms with Crippen molar-refractivity contribution in [3.05, 3.63) is 30.6 Å². The molecule has 0 saturated heterocycles. The third-order valence-corrected chi connectivity index (χ3v) is 3.69. The number of aromatic amines is 1. The van der Waals surface area contributed by atoms with Crippen LogP contribution in [0.2, 0.25) is 0 Å². The Balaban J connectivity index is 1.91. The third-order valence-electron chi connectivity index (χ3n) is 2.79. The highest BCUT2D eigenvalue weighted by Gasteiger charge is 2.14. The van der Waals surface area contributed by atoms with Crippen LogP contribution in [0.4, 0.5) is 5.69 Å². The van der Waals surface area contributed by atoms with E-state index in [0.717, 1.165) is 15.7 Å². The summed E-state index contributed by atoms with van der Waals surface area (Å²) in [6, 6.07) is 7.04. The standard InChI is InChI=1S/C14H19N5OS/c1-9(2)7-12(15)13(20)18-10-3-5-11(6-4-10)21-14-16-8-17-19-14/h3-6,8-9,12H,7,15H2,1-2H3,(H,18,20)(H,16,17,19). The lowest BCUT2D eigenvalue weighted by molar-refractivity contribution is -0.117. The van der Waals surface area contributed by atoms with Crippen LogP contribution < -0.4 is 11.1 Å². The minimum Gasteiger partial charge on any atom is -0.325 e. The molecule has 2 rings (SSSR count). The second-order valence-corrected chi connectivity index (χ2v) is 6.20. The molecule has 1 aromatic heterocycles. The van der Waals surface area contributed by atoms with Crippen molar-refractivity contribution in [2.24, 2.45) is 11.7 Å². The maximum Gasteiger partial charge on any atom is 0.241 e. The first-order chi connectivity index (χ1) is 10.0. The van der Waals surface area contributed by atoms with Crippen LogP contribution in [-0.2, 0) is 4.79 Å². The number of carbonyl (C=O) groups is 1. The molecule has 0 radical (unpaired) electrons. The normalized spacial score (nSPS) is 12.4. The summed E-state index contributed by atoms with van der Waals surface area (Å²) >= 11 is 1.47. The van der Waals surface area contributed by atoms with Gasteiger partial charge in [-0.3, -0.25) is 9.89 Å². The summed E-state index contributed by atoms with van der Waals surface area (Å²) in [5.41, 5.74) is 6.59. The molecule has 0 bridgehead atoms. The summed E-state index contributed by atoms with van der Waals surface area (Å²) in [7, 11) is 0. The minimum absolute atomic E-state index is 0.153. The van der Waals surface area contributed by atoms with Gasteiger partial charge >= 0.3 is 0 Å². The van der Waals surface area contributed by atoms with Crippen molar-refractivity contribution < 1.29 is 4.79 Å². The Kier molecular flexibility index (Phi) is 5.35. The van der Waals surface area contributed by atoms with Crippen molar-refractivity contribution in [1.29, 1.82) is 0 Å². The second-order valence-electron chi connectivity index (χ2n) is 5.14. The highest BCUT2D eigenvalue weighted by Crippen LogP contribution is 2.25. The number of nitrogens with one attached hydrogen (secondary N) is 2. The lowest BCUT2D eigenvalue weighted by Gasteiger charge is -2.14. The van der Waals surface area contributed by atoms with Crippen molar-refractivity contribution >= 4 is 23.4 Å². The van der Waals surface area contributed by atoms with Crippen LogP contribution in [0.5, 0.6) is 0 Å². The van der Waals surface area contributed by atoms with E-state index in [1.165, 1.54) is 18.1 Å². The van der Waals surface area contributed by atoms with Gasteiger partial charge in [0.05, 0.1) is 6.04 Å². The Morgan fingerprint density at radius 3 is 2.67 bits per heavy atom. The van der Waals surface area contributed by atoms with E-state index >= 15 is 0 Å². The van der Waals surface area contributed by atoms with E-state index in [9.17, 15) is 4.79 Å². The van der Waals surface area contributed by atoms with Gasteiger partial charge in [-0.15, -0.1) is 0 Å². The molecule has 0 fully saturated rings. The van der Waals surface area contributed by atoms with Gasteiger partial charge in [0, 0.05) is 10.6 Å². The average Bonchev–Trinajstić information content (AvgIpc) is 2.93. The first-order valence-electron chi connectivity index (χ1n) is 6.74. The molecule has 21 heavy (non-hydrogen) atoms. The Labute approximate surface area is 127 Å². The highest BCUT2D eigenvalue weighted by molar-refractivity contribution is 7.99. The topological polar surface area (TPSA) is 96.7 Å². The fourth-order valence-electron chi connectivity index (χ4n) is 1.81. The lowest BCUT2D eigenvalue weighted by atomic mass is 10.0. The zero-order valence-electron chi connectivity index (χ0n) is 12.0. The molecule has 0 aliphatic carbocycles. The van der Waals surface area contributed by atoms with Crippen LogP contribution in [0.25, 0.3) is 0 Å². The maximum atomic E-state index is 11.9. The van der Waals surface area contributed by atoms with Crippen molar-refractivity contribution in [1.82, 2.24) is 15.2 Å². The summed E-state index contributed by atoms with van der Waals surface area (Å²) in [6.07, 6.45) is 2.14. The maximum absolute atomic E-state index is 11.9. The van der Waals surface area contributed by atoms with Gasteiger partial charge in [0.2, 0.25) is 5.91 Å². The van der Waals surface area contributed by atoms with Gasteiger partial charge < -0.3 is 11.1 Å². The van der Waals surface area contributed by atoms with E-state index < -0.39 is 6.04 Å². The van der Waals surface area contributed by atoms with Crippen LogP contribution in [0.1, 0.15) is 20.3 Å². The molecule has 6 nitrogen and oxygen atoms in total. The van der Waals surface area contributed by atoms with E-state index in [1.54, 1.807) is 0 Å². The molecule has 4 N–H and O–H groups in total. The number of rotatable bonds is 6. The summed E-state index contributed by atoms with van der Waals surface area (Å²) in [5.74, 6) is 0.241. The van der Waals surface area contributed by atoms with Crippen molar-refractivity contribution in [2.75, 3.05) is 5.32 Å². The first kappa shape index (κ1) is 15.5. The van der Waals surface area contributed by atoms with Crippen LogP contribution in [-0.4, -0.2) is 27.1 Å². The predicted octanol–water partition coefficient (Wildman–Crippen LogP) is 2.27. The fraction of sp³-hybridized carbons (Fsp3) is 0.357. The van der Waals surface area contributed by atoms with Crippen molar-refractivity contribution in [3.63, 3.8) is 0 Å². The molecule has 1 amide bonds. The third kappa shape index (κ3) is 4.87. The molecule has 0 saturated carbocycles. The summed E-state index contributed by atoms with van der Waals surface area (Å²) in [5, 5.41) is 10.1. The number of hydrogen-bond donors (Lipinski definition) is 3. The van der Waals surface area contributed by atoms with Gasteiger partial charge in [-0.2, -0.15) is 5.10 Å². The first-order valence-corrected chi connectivity index (χ1v) is 7.56. The molecule has 7 heteroatoms. The second kappa shape index (κ2) is 7.24. The SMILES string of the molecule is CC(C)CC(N)C(=O)Nc1ccc(Sc2ncn[nH]2)cc1. The molecule has 1 atom stereocenters. The van der Waals surface area contributed by atoms with Gasteiger partial charge in [-0.05, 0) is 36.6 Å². The molecule has 1 heterocycles. The van der Waals surface area contributed by atoms with Crippen molar-refractivity contribution in [3.8, 4) is 0 Å². The largest absolute Gasteiger partial charge is 0.325 e. The van der Waals surface area contributed by atoms with Crippen molar-refractivity contribution in [2.45, 2.75) is 36.4 Å². The number of benzene rings is 1. The van der Waals surface area contributed by atoms with E-state index in [1.807, 2.05) is 38.1 Å². The fourth-order valence-corrected chi connectivity index (χ4v) is 2.50.